The second kappa shape index (κ2) is 3.84. The van der Waals surface area contributed by atoms with Crippen LogP contribution in [0.2, 0.25) is 0 Å². The summed E-state index contributed by atoms with van der Waals surface area (Å²) in [5.41, 5.74) is 3.18. The molecule has 2 atom stereocenters. The van der Waals surface area contributed by atoms with E-state index in [1.54, 1.807) is 5.57 Å². The van der Waals surface area contributed by atoms with E-state index >= 15 is 0 Å². The van der Waals surface area contributed by atoms with Gasteiger partial charge in [-0.2, -0.15) is 0 Å². The summed E-state index contributed by atoms with van der Waals surface area (Å²) in [5, 5.41) is 0. The van der Waals surface area contributed by atoms with Crippen molar-refractivity contribution in [3.63, 3.8) is 0 Å². The predicted octanol–water partition coefficient (Wildman–Crippen LogP) is 5.02. The summed E-state index contributed by atoms with van der Waals surface area (Å²) in [5.74, 6) is 1.36. The van der Waals surface area contributed by atoms with E-state index in [0.717, 1.165) is 5.92 Å². The van der Waals surface area contributed by atoms with Gasteiger partial charge in [0.1, 0.15) is 0 Å². The normalized spacial score (nSPS) is 31.9. The Balaban J connectivity index is 2.12. The van der Waals surface area contributed by atoms with Crippen LogP contribution in [-0.4, -0.2) is 0 Å². The molecule has 1 aromatic rings. The third kappa shape index (κ3) is 1.63. The zero-order valence-electron chi connectivity index (χ0n) is 10.3. The van der Waals surface area contributed by atoms with Gasteiger partial charge in [-0.05, 0) is 28.9 Å². The van der Waals surface area contributed by atoms with Gasteiger partial charge in [-0.1, -0.05) is 72.3 Å². The van der Waals surface area contributed by atoms with Gasteiger partial charge in [0.2, 0.25) is 0 Å². The molecule has 1 heteroatoms. The van der Waals surface area contributed by atoms with Gasteiger partial charge >= 0.3 is 0 Å². The van der Waals surface area contributed by atoms with Gasteiger partial charge in [0.15, 0.2) is 0 Å². The molecule has 0 radical (unpaired) electrons. The predicted molar refractivity (Wildman–Crippen MR) is 76.8 cm³/mol. The summed E-state index contributed by atoms with van der Waals surface area (Å²) >= 11 is 3.84. The summed E-state index contributed by atoms with van der Waals surface area (Å²) in [4.78, 5) is 0. The van der Waals surface area contributed by atoms with E-state index in [1.807, 2.05) is 0 Å². The average Bonchev–Trinajstić information content (AvgIpc) is 2.87. The summed E-state index contributed by atoms with van der Waals surface area (Å²) in [6.45, 7) is 4.75. The van der Waals surface area contributed by atoms with Crippen LogP contribution in [0.15, 0.2) is 48.1 Å². The largest absolute Gasteiger partial charge is 0.0839 e. The third-order valence-electron chi connectivity index (χ3n) is 4.34. The molecule has 2 bridgehead atoms. The Morgan fingerprint density at radius 2 is 1.88 bits per heavy atom. The summed E-state index contributed by atoms with van der Waals surface area (Å²) < 4.78 is 1.31. The molecule has 1 fully saturated rings. The van der Waals surface area contributed by atoms with Crippen LogP contribution >= 0.6 is 15.9 Å². The van der Waals surface area contributed by atoms with E-state index in [0.29, 0.717) is 11.3 Å². The highest BCUT2D eigenvalue weighted by Gasteiger charge is 2.47. The molecule has 3 rings (SSSR count). The van der Waals surface area contributed by atoms with Crippen molar-refractivity contribution >= 4 is 20.4 Å². The van der Waals surface area contributed by atoms with Crippen molar-refractivity contribution in [2.24, 2.45) is 17.3 Å². The second-order valence-electron chi connectivity index (χ2n) is 5.65. The number of halogens is 1. The van der Waals surface area contributed by atoms with E-state index < -0.39 is 0 Å². The lowest BCUT2D eigenvalue weighted by molar-refractivity contribution is 0.370. The van der Waals surface area contributed by atoms with Crippen molar-refractivity contribution in [2.75, 3.05) is 0 Å². The van der Waals surface area contributed by atoms with Crippen molar-refractivity contribution in [2.45, 2.75) is 20.3 Å². The summed E-state index contributed by atoms with van der Waals surface area (Å²) in [6, 6.07) is 10.6. The molecule has 2 aliphatic rings. The van der Waals surface area contributed by atoms with Crippen molar-refractivity contribution < 1.29 is 0 Å². The Kier molecular flexibility index (Phi) is 2.55. The minimum atomic E-state index is 0.300. The lowest BCUT2D eigenvalue weighted by Crippen LogP contribution is -2.20. The van der Waals surface area contributed by atoms with Crippen molar-refractivity contribution in [3.05, 3.63) is 53.6 Å². The Hall–Kier alpha value is -0.820. The van der Waals surface area contributed by atoms with E-state index in [4.69, 9.17) is 0 Å². The monoisotopic (exact) mass is 288 g/mol. The van der Waals surface area contributed by atoms with Crippen molar-refractivity contribution in [1.29, 1.82) is 0 Å². The molecular weight excluding hydrogens is 272 g/mol. The van der Waals surface area contributed by atoms with Crippen LogP contribution in [-0.2, 0) is 0 Å². The maximum Gasteiger partial charge on any atom is 0.0251 e. The number of rotatable bonds is 1. The number of hydrogen-bond donors (Lipinski definition) is 0. The van der Waals surface area contributed by atoms with Crippen LogP contribution in [0.25, 0.3) is 4.48 Å². The Morgan fingerprint density at radius 1 is 1.18 bits per heavy atom. The first-order chi connectivity index (χ1) is 8.10. The molecule has 1 aromatic carbocycles. The molecule has 0 amide bonds. The van der Waals surface area contributed by atoms with E-state index in [1.165, 1.54) is 16.5 Å². The molecular formula is C16H17Br. The zero-order valence-corrected chi connectivity index (χ0v) is 11.9. The standard InChI is InChI=1S/C16H17Br/c1-16(2)13-9-8-12(10-13)14(16)15(17)11-6-4-3-5-7-11/h3-9,12-13H,10H2,1-2H3/b15-14+/t12-,13+/m1/s1. The van der Waals surface area contributed by atoms with Crippen LogP contribution in [0.3, 0.4) is 0 Å². The number of fused-ring (bicyclic) bond motifs is 2. The van der Waals surface area contributed by atoms with Gasteiger partial charge in [-0.25, -0.2) is 0 Å². The molecule has 0 saturated heterocycles. The molecule has 0 heterocycles. The van der Waals surface area contributed by atoms with Crippen LogP contribution in [0.1, 0.15) is 25.8 Å². The van der Waals surface area contributed by atoms with Gasteiger partial charge in [0, 0.05) is 10.4 Å². The summed E-state index contributed by atoms with van der Waals surface area (Å²) in [7, 11) is 0. The van der Waals surface area contributed by atoms with Crippen LogP contribution < -0.4 is 0 Å². The maximum atomic E-state index is 3.84. The van der Waals surface area contributed by atoms with Gasteiger partial charge in [-0.15, -0.1) is 0 Å². The first-order valence-electron chi connectivity index (χ1n) is 6.24. The van der Waals surface area contributed by atoms with E-state index in [2.05, 4.69) is 72.3 Å². The molecule has 17 heavy (non-hydrogen) atoms. The Labute approximate surface area is 112 Å². The molecule has 0 unspecified atom stereocenters. The fourth-order valence-electron chi connectivity index (χ4n) is 3.31. The number of allylic oxidation sites excluding steroid dienone is 3. The first kappa shape index (κ1) is 11.3. The van der Waals surface area contributed by atoms with Gasteiger partial charge < -0.3 is 0 Å². The van der Waals surface area contributed by atoms with Crippen molar-refractivity contribution in [3.8, 4) is 0 Å². The Morgan fingerprint density at radius 3 is 2.47 bits per heavy atom. The van der Waals surface area contributed by atoms with Crippen LogP contribution in [0, 0.1) is 17.3 Å². The minimum absolute atomic E-state index is 0.300. The quantitative estimate of drug-likeness (QED) is 0.636. The van der Waals surface area contributed by atoms with Crippen molar-refractivity contribution in [1.82, 2.24) is 0 Å². The summed E-state index contributed by atoms with van der Waals surface area (Å²) in [6.07, 6.45) is 6.08. The fraction of sp³-hybridized carbons (Fsp3) is 0.375. The molecule has 0 nitrogen and oxygen atoms in total. The highest BCUT2D eigenvalue weighted by Crippen LogP contribution is 2.58. The highest BCUT2D eigenvalue weighted by atomic mass is 79.9. The SMILES string of the molecule is CC1(C)/C(=C(/Br)c2ccccc2)[C@@H]2C=C[C@H]1C2. The highest BCUT2D eigenvalue weighted by molar-refractivity contribution is 9.15. The fourth-order valence-corrected chi connectivity index (χ4v) is 4.38. The van der Waals surface area contributed by atoms with Crippen LogP contribution in [0.4, 0.5) is 0 Å². The molecule has 0 N–H and O–H groups in total. The molecule has 1 saturated carbocycles. The maximum absolute atomic E-state index is 3.84. The first-order valence-corrected chi connectivity index (χ1v) is 7.04. The molecule has 0 spiro atoms. The molecule has 2 aliphatic carbocycles. The molecule has 0 aliphatic heterocycles. The number of hydrogen-bond acceptors (Lipinski definition) is 0. The van der Waals surface area contributed by atoms with E-state index in [9.17, 15) is 0 Å². The molecule has 0 aromatic heterocycles. The van der Waals surface area contributed by atoms with Gasteiger partial charge in [0.05, 0.1) is 0 Å². The lowest BCUT2D eigenvalue weighted by atomic mass is 9.75. The average molecular weight is 289 g/mol. The van der Waals surface area contributed by atoms with Gasteiger partial charge in [-0.3, -0.25) is 0 Å². The lowest BCUT2D eigenvalue weighted by Gasteiger charge is -2.31. The second-order valence-corrected chi connectivity index (χ2v) is 6.44. The zero-order chi connectivity index (χ0) is 12.0. The molecule has 88 valence electrons. The van der Waals surface area contributed by atoms with Gasteiger partial charge in [0.25, 0.3) is 0 Å². The number of benzene rings is 1. The minimum Gasteiger partial charge on any atom is -0.0839 e. The third-order valence-corrected chi connectivity index (χ3v) is 5.22. The van der Waals surface area contributed by atoms with Crippen LogP contribution in [0.5, 0.6) is 0 Å². The topological polar surface area (TPSA) is 0 Å². The Bertz CT molecular complexity index is 494. The smallest absolute Gasteiger partial charge is 0.0251 e. The van der Waals surface area contributed by atoms with E-state index in [-0.39, 0.29) is 0 Å².